The van der Waals surface area contributed by atoms with Crippen LogP contribution >= 0.6 is 0 Å². The molecule has 19 heavy (non-hydrogen) atoms. The first-order valence-electron chi connectivity index (χ1n) is 7.09. The van der Waals surface area contributed by atoms with Crippen LogP contribution in [0, 0.1) is 5.82 Å². The van der Waals surface area contributed by atoms with Gasteiger partial charge in [0, 0.05) is 30.4 Å². The Balaban J connectivity index is 2.06. The number of nitrogen functional groups attached to an aromatic ring is 1. The molecule has 0 saturated heterocycles. The summed E-state index contributed by atoms with van der Waals surface area (Å²) in [6.45, 7) is 1.28. The van der Waals surface area contributed by atoms with Crippen LogP contribution in [0.3, 0.4) is 0 Å². The van der Waals surface area contributed by atoms with E-state index < -0.39 is 0 Å². The van der Waals surface area contributed by atoms with Crippen molar-refractivity contribution < 1.29 is 9.50 Å². The van der Waals surface area contributed by atoms with Crippen molar-refractivity contribution in [2.24, 2.45) is 0 Å². The molecule has 1 aromatic carbocycles. The summed E-state index contributed by atoms with van der Waals surface area (Å²) in [5.41, 5.74) is 6.68. The second-order valence-electron chi connectivity index (χ2n) is 5.34. The lowest BCUT2D eigenvalue weighted by molar-refractivity contribution is 0.116. The highest BCUT2D eigenvalue weighted by Crippen LogP contribution is 2.24. The number of aliphatic hydroxyl groups is 1. The van der Waals surface area contributed by atoms with Crippen molar-refractivity contribution >= 4 is 5.69 Å². The number of rotatable bonds is 5. The highest BCUT2D eigenvalue weighted by Gasteiger charge is 2.21. The second-order valence-corrected chi connectivity index (χ2v) is 5.34. The minimum Gasteiger partial charge on any atom is -0.399 e. The summed E-state index contributed by atoms with van der Waals surface area (Å²) in [6, 6.07) is 5.32. The van der Waals surface area contributed by atoms with Gasteiger partial charge in [0.1, 0.15) is 5.82 Å². The van der Waals surface area contributed by atoms with Crippen molar-refractivity contribution in [2.45, 2.75) is 44.7 Å². The van der Waals surface area contributed by atoms with Gasteiger partial charge in [0.25, 0.3) is 0 Å². The lowest BCUT2D eigenvalue weighted by Crippen LogP contribution is -2.38. The minimum absolute atomic E-state index is 0.118. The van der Waals surface area contributed by atoms with Gasteiger partial charge in [-0.1, -0.05) is 25.3 Å². The highest BCUT2D eigenvalue weighted by molar-refractivity contribution is 5.40. The molecule has 1 aliphatic rings. The van der Waals surface area contributed by atoms with Crippen molar-refractivity contribution in [2.75, 3.05) is 18.9 Å². The molecule has 0 unspecified atom stereocenters. The molecular weight excluding hydrogens is 243 g/mol. The molecule has 0 amide bonds. The number of halogens is 1. The van der Waals surface area contributed by atoms with Crippen molar-refractivity contribution in [1.82, 2.24) is 4.90 Å². The third-order valence-electron chi connectivity index (χ3n) is 3.93. The van der Waals surface area contributed by atoms with Crippen LogP contribution in [0.2, 0.25) is 0 Å². The topological polar surface area (TPSA) is 49.5 Å². The van der Waals surface area contributed by atoms with Gasteiger partial charge in [-0.25, -0.2) is 4.39 Å². The van der Waals surface area contributed by atoms with Crippen LogP contribution in [-0.4, -0.2) is 29.2 Å². The molecule has 0 radical (unpaired) electrons. The Labute approximate surface area is 114 Å². The van der Waals surface area contributed by atoms with Crippen LogP contribution in [0.1, 0.15) is 37.7 Å². The Morgan fingerprint density at radius 3 is 2.63 bits per heavy atom. The summed E-state index contributed by atoms with van der Waals surface area (Å²) < 4.78 is 13.8. The molecule has 106 valence electrons. The maximum Gasteiger partial charge on any atom is 0.129 e. The number of aliphatic hydroxyl groups excluding tert-OH is 1. The molecule has 1 aromatic rings. The van der Waals surface area contributed by atoms with Gasteiger partial charge in [0.15, 0.2) is 0 Å². The number of nitrogens with two attached hydrogens (primary N) is 1. The summed E-state index contributed by atoms with van der Waals surface area (Å²) in [7, 11) is 0. The first-order chi connectivity index (χ1) is 9.20. The quantitative estimate of drug-likeness (QED) is 0.805. The molecular formula is C15H23FN2O. The minimum atomic E-state index is -0.251. The Kier molecular flexibility index (Phi) is 5.16. The normalized spacial score (nSPS) is 17.0. The van der Waals surface area contributed by atoms with Crippen LogP contribution in [0.4, 0.5) is 10.1 Å². The smallest absolute Gasteiger partial charge is 0.129 e. The summed E-state index contributed by atoms with van der Waals surface area (Å²) in [5.74, 6) is -0.251. The standard InChI is InChI=1S/C15H23FN2O/c16-15-10-13(17)7-6-12(15)11-18(8-9-19)14-4-2-1-3-5-14/h6-7,10,14,19H,1-5,8-9,11,17H2. The summed E-state index contributed by atoms with van der Waals surface area (Å²) in [4.78, 5) is 2.20. The average molecular weight is 266 g/mol. The van der Waals surface area contributed by atoms with E-state index in [2.05, 4.69) is 4.90 Å². The SMILES string of the molecule is Nc1ccc(CN(CCO)C2CCCCC2)c(F)c1. The first kappa shape index (κ1) is 14.3. The van der Waals surface area contributed by atoms with E-state index in [9.17, 15) is 9.50 Å². The molecule has 0 bridgehead atoms. The van der Waals surface area contributed by atoms with Crippen molar-refractivity contribution in [1.29, 1.82) is 0 Å². The van der Waals surface area contributed by atoms with Crippen LogP contribution < -0.4 is 5.73 Å². The van der Waals surface area contributed by atoms with E-state index in [4.69, 9.17) is 5.73 Å². The molecule has 0 aliphatic heterocycles. The third-order valence-corrected chi connectivity index (χ3v) is 3.93. The van der Waals surface area contributed by atoms with Gasteiger partial charge in [0.2, 0.25) is 0 Å². The number of hydrogen-bond donors (Lipinski definition) is 2. The number of benzene rings is 1. The zero-order valence-electron chi connectivity index (χ0n) is 11.3. The largest absolute Gasteiger partial charge is 0.399 e. The fourth-order valence-corrected chi connectivity index (χ4v) is 2.88. The highest BCUT2D eigenvalue weighted by atomic mass is 19.1. The zero-order chi connectivity index (χ0) is 13.7. The van der Waals surface area contributed by atoms with Gasteiger partial charge >= 0.3 is 0 Å². The Morgan fingerprint density at radius 1 is 1.26 bits per heavy atom. The van der Waals surface area contributed by atoms with Gasteiger partial charge < -0.3 is 10.8 Å². The van der Waals surface area contributed by atoms with E-state index >= 15 is 0 Å². The molecule has 1 fully saturated rings. The summed E-state index contributed by atoms with van der Waals surface area (Å²) in [6.07, 6.45) is 6.06. The zero-order valence-corrected chi connectivity index (χ0v) is 11.3. The molecule has 4 heteroatoms. The number of anilines is 1. The Morgan fingerprint density at radius 2 is 2.00 bits per heavy atom. The van der Waals surface area contributed by atoms with Gasteiger partial charge in [-0.3, -0.25) is 4.90 Å². The molecule has 3 nitrogen and oxygen atoms in total. The Bertz CT molecular complexity index is 405. The van der Waals surface area contributed by atoms with E-state index in [-0.39, 0.29) is 12.4 Å². The monoisotopic (exact) mass is 266 g/mol. The molecule has 0 aromatic heterocycles. The number of hydrogen-bond acceptors (Lipinski definition) is 3. The van der Waals surface area contributed by atoms with Crippen LogP contribution in [-0.2, 0) is 6.54 Å². The van der Waals surface area contributed by atoms with Crippen LogP contribution in [0.15, 0.2) is 18.2 Å². The molecule has 0 spiro atoms. The second kappa shape index (κ2) is 6.87. The maximum absolute atomic E-state index is 13.8. The predicted molar refractivity (Wildman–Crippen MR) is 75.2 cm³/mol. The lowest BCUT2D eigenvalue weighted by atomic mass is 9.94. The van der Waals surface area contributed by atoms with Crippen molar-refractivity contribution in [3.8, 4) is 0 Å². The van der Waals surface area contributed by atoms with Gasteiger partial charge in [-0.2, -0.15) is 0 Å². The van der Waals surface area contributed by atoms with Gasteiger partial charge in [-0.05, 0) is 25.0 Å². The molecule has 3 N–H and O–H groups in total. The van der Waals surface area contributed by atoms with Crippen LogP contribution in [0.5, 0.6) is 0 Å². The van der Waals surface area contributed by atoms with E-state index in [1.165, 1.54) is 25.3 Å². The predicted octanol–water partition coefficient (Wildman–Crippen LogP) is 2.53. The van der Waals surface area contributed by atoms with E-state index in [1.807, 2.05) is 0 Å². The molecule has 0 heterocycles. The molecule has 1 aliphatic carbocycles. The molecule has 2 rings (SSSR count). The third kappa shape index (κ3) is 3.91. The fraction of sp³-hybridized carbons (Fsp3) is 0.600. The lowest BCUT2D eigenvalue weighted by Gasteiger charge is -2.34. The average Bonchev–Trinajstić information content (AvgIpc) is 2.42. The summed E-state index contributed by atoms with van der Waals surface area (Å²) in [5, 5.41) is 9.20. The Hall–Kier alpha value is -1.13. The maximum atomic E-state index is 13.8. The van der Waals surface area contributed by atoms with E-state index in [0.29, 0.717) is 30.4 Å². The van der Waals surface area contributed by atoms with Gasteiger partial charge in [-0.15, -0.1) is 0 Å². The van der Waals surface area contributed by atoms with Gasteiger partial charge in [0.05, 0.1) is 6.61 Å². The first-order valence-corrected chi connectivity index (χ1v) is 7.09. The molecule has 0 atom stereocenters. The number of nitrogens with zero attached hydrogens (tertiary/aromatic N) is 1. The summed E-state index contributed by atoms with van der Waals surface area (Å²) >= 11 is 0. The van der Waals surface area contributed by atoms with Crippen molar-refractivity contribution in [3.05, 3.63) is 29.6 Å². The van der Waals surface area contributed by atoms with Crippen LogP contribution in [0.25, 0.3) is 0 Å². The van der Waals surface area contributed by atoms with E-state index in [0.717, 1.165) is 12.8 Å². The van der Waals surface area contributed by atoms with Crippen molar-refractivity contribution in [3.63, 3.8) is 0 Å². The molecule has 1 saturated carbocycles. The van der Waals surface area contributed by atoms with E-state index in [1.54, 1.807) is 12.1 Å². The fourth-order valence-electron chi connectivity index (χ4n) is 2.88.